The number of likely N-dealkylation sites (N-methyl/N-ethyl adjacent to an activating group) is 1. The molecule has 1 amide bonds. The van der Waals surface area contributed by atoms with Gasteiger partial charge in [0.25, 0.3) is 0 Å². The van der Waals surface area contributed by atoms with Crippen LogP contribution in [0, 0.1) is 5.92 Å². The summed E-state index contributed by atoms with van der Waals surface area (Å²) in [6.45, 7) is 5.05. The highest BCUT2D eigenvalue weighted by Crippen LogP contribution is 2.33. The highest BCUT2D eigenvalue weighted by atomic mass is 16.2. The predicted octanol–water partition coefficient (Wildman–Crippen LogP) is 1.39. The Morgan fingerprint density at radius 2 is 2.20 bits per heavy atom. The van der Waals surface area contributed by atoms with Crippen LogP contribution in [-0.4, -0.2) is 36.5 Å². The summed E-state index contributed by atoms with van der Waals surface area (Å²) >= 11 is 0. The first-order valence-electron chi connectivity index (χ1n) is 6.30. The van der Waals surface area contributed by atoms with E-state index in [1.54, 1.807) is 0 Å². The third-order valence-corrected chi connectivity index (χ3v) is 3.43. The number of carbonyl (C=O) groups excluding carboxylic acids is 1. The maximum atomic E-state index is 11.9. The number of nitrogens with one attached hydrogen (secondary N) is 1. The lowest BCUT2D eigenvalue weighted by Crippen LogP contribution is -2.48. The second-order valence-corrected chi connectivity index (χ2v) is 4.88. The molecule has 1 heterocycles. The van der Waals surface area contributed by atoms with Gasteiger partial charge in [-0.1, -0.05) is 6.92 Å². The Bertz CT molecular complexity index is 224. The van der Waals surface area contributed by atoms with Gasteiger partial charge in [0.05, 0.1) is 0 Å². The average molecular weight is 210 g/mol. The lowest BCUT2D eigenvalue weighted by atomic mass is 10.0. The van der Waals surface area contributed by atoms with E-state index < -0.39 is 0 Å². The molecule has 1 N–H and O–H groups in total. The minimum atomic E-state index is 0.389. The molecule has 3 nitrogen and oxygen atoms in total. The summed E-state index contributed by atoms with van der Waals surface area (Å²) in [6, 6.07) is 0.534. The van der Waals surface area contributed by atoms with Gasteiger partial charge in [0.15, 0.2) is 0 Å². The summed E-state index contributed by atoms with van der Waals surface area (Å²) in [5, 5.41) is 3.44. The van der Waals surface area contributed by atoms with Crippen LogP contribution < -0.4 is 5.32 Å². The van der Waals surface area contributed by atoms with Gasteiger partial charge >= 0.3 is 0 Å². The molecule has 3 heteroatoms. The molecule has 1 atom stereocenters. The third kappa shape index (κ3) is 3.20. The summed E-state index contributed by atoms with van der Waals surface area (Å²) in [5.74, 6) is 1.11. The predicted molar refractivity (Wildman–Crippen MR) is 60.6 cm³/mol. The van der Waals surface area contributed by atoms with Crippen molar-refractivity contribution in [2.45, 2.75) is 45.1 Å². The third-order valence-electron chi connectivity index (χ3n) is 3.43. The molecule has 0 aromatic heterocycles. The fourth-order valence-electron chi connectivity index (χ4n) is 2.36. The summed E-state index contributed by atoms with van der Waals surface area (Å²) in [7, 11) is 0. The second kappa shape index (κ2) is 4.97. The highest BCUT2D eigenvalue weighted by Gasteiger charge is 2.29. The van der Waals surface area contributed by atoms with Gasteiger partial charge in [-0.2, -0.15) is 0 Å². The van der Waals surface area contributed by atoms with Crippen LogP contribution in [0.3, 0.4) is 0 Å². The van der Waals surface area contributed by atoms with Gasteiger partial charge < -0.3 is 10.2 Å². The van der Waals surface area contributed by atoms with Crippen LogP contribution in [0.4, 0.5) is 0 Å². The standard InChI is InChI=1S/C12H22N2O/c1-2-13-11-4-3-7-14(9-11)12(15)8-10-5-6-10/h10-11,13H,2-9H2,1H3. The number of likely N-dealkylation sites (tertiary alicyclic amines) is 1. The Morgan fingerprint density at radius 3 is 2.87 bits per heavy atom. The number of nitrogens with zero attached hydrogens (tertiary/aromatic N) is 1. The monoisotopic (exact) mass is 210 g/mol. The maximum absolute atomic E-state index is 11.9. The number of hydrogen-bond donors (Lipinski definition) is 1. The van der Waals surface area contributed by atoms with Crippen molar-refractivity contribution in [3.8, 4) is 0 Å². The summed E-state index contributed by atoms with van der Waals surface area (Å²) in [6.07, 6.45) is 5.74. The normalized spacial score (nSPS) is 26.7. The van der Waals surface area contributed by atoms with Crippen molar-refractivity contribution in [1.29, 1.82) is 0 Å². The summed E-state index contributed by atoms with van der Waals surface area (Å²) in [4.78, 5) is 14.0. The Morgan fingerprint density at radius 1 is 1.40 bits per heavy atom. The fraction of sp³-hybridized carbons (Fsp3) is 0.917. The second-order valence-electron chi connectivity index (χ2n) is 4.88. The molecule has 0 aromatic rings. The maximum Gasteiger partial charge on any atom is 0.222 e. The topological polar surface area (TPSA) is 32.3 Å². The van der Waals surface area contributed by atoms with E-state index in [0.29, 0.717) is 11.9 Å². The Kier molecular flexibility index (Phi) is 3.62. The van der Waals surface area contributed by atoms with Crippen molar-refractivity contribution in [3.63, 3.8) is 0 Å². The summed E-state index contributed by atoms with van der Waals surface area (Å²) in [5.41, 5.74) is 0. The van der Waals surface area contributed by atoms with Crippen molar-refractivity contribution in [1.82, 2.24) is 10.2 Å². The number of hydrogen-bond acceptors (Lipinski definition) is 2. The first-order valence-corrected chi connectivity index (χ1v) is 6.30. The molecule has 0 aromatic carbocycles. The largest absolute Gasteiger partial charge is 0.341 e. The van der Waals surface area contributed by atoms with E-state index in [1.807, 2.05) is 0 Å². The van der Waals surface area contributed by atoms with Crippen LogP contribution in [0.1, 0.15) is 39.0 Å². The Balaban J connectivity index is 1.77. The van der Waals surface area contributed by atoms with Crippen LogP contribution >= 0.6 is 0 Å². The number of rotatable bonds is 4. The van der Waals surface area contributed by atoms with E-state index in [2.05, 4.69) is 17.1 Å². The van der Waals surface area contributed by atoms with Gasteiger partial charge in [-0.3, -0.25) is 4.79 Å². The van der Waals surface area contributed by atoms with E-state index in [4.69, 9.17) is 0 Å². The first-order chi connectivity index (χ1) is 7.29. The minimum absolute atomic E-state index is 0.389. The molecule has 0 spiro atoms. The molecule has 1 aliphatic heterocycles. The van der Waals surface area contributed by atoms with Gasteiger partial charge in [-0.25, -0.2) is 0 Å². The SMILES string of the molecule is CCNC1CCCN(C(=O)CC2CC2)C1. The van der Waals surface area contributed by atoms with Gasteiger partial charge in [-0.05, 0) is 38.1 Å². The Labute approximate surface area is 92.2 Å². The van der Waals surface area contributed by atoms with Crippen LogP contribution in [0.5, 0.6) is 0 Å². The number of piperidine rings is 1. The molecule has 1 saturated heterocycles. The molecule has 0 bridgehead atoms. The molecule has 2 fully saturated rings. The van der Waals surface area contributed by atoms with Crippen LogP contribution in [0.25, 0.3) is 0 Å². The van der Waals surface area contributed by atoms with Gasteiger partial charge in [0.1, 0.15) is 0 Å². The minimum Gasteiger partial charge on any atom is -0.341 e. The molecular formula is C12H22N2O. The van der Waals surface area contributed by atoms with Crippen LogP contribution in [0.2, 0.25) is 0 Å². The van der Waals surface area contributed by atoms with Gasteiger partial charge in [-0.15, -0.1) is 0 Å². The van der Waals surface area contributed by atoms with Crippen LogP contribution in [0.15, 0.2) is 0 Å². The highest BCUT2D eigenvalue weighted by molar-refractivity contribution is 5.76. The number of carbonyl (C=O) groups is 1. The first kappa shape index (κ1) is 10.9. The molecule has 15 heavy (non-hydrogen) atoms. The molecule has 2 aliphatic rings. The molecule has 0 radical (unpaired) electrons. The Hall–Kier alpha value is -0.570. The smallest absolute Gasteiger partial charge is 0.222 e. The molecule has 1 saturated carbocycles. The zero-order valence-electron chi connectivity index (χ0n) is 9.67. The van der Waals surface area contributed by atoms with Crippen LogP contribution in [-0.2, 0) is 4.79 Å². The van der Waals surface area contributed by atoms with Crippen molar-refractivity contribution >= 4 is 5.91 Å². The van der Waals surface area contributed by atoms with E-state index in [-0.39, 0.29) is 0 Å². The quantitative estimate of drug-likeness (QED) is 0.760. The molecular weight excluding hydrogens is 188 g/mol. The van der Waals surface area contributed by atoms with E-state index >= 15 is 0 Å². The van der Waals surface area contributed by atoms with E-state index in [9.17, 15) is 4.79 Å². The fourth-order valence-corrected chi connectivity index (χ4v) is 2.36. The van der Waals surface area contributed by atoms with Gasteiger partial charge in [0.2, 0.25) is 5.91 Å². The number of amides is 1. The van der Waals surface area contributed by atoms with Crippen molar-refractivity contribution in [2.75, 3.05) is 19.6 Å². The van der Waals surface area contributed by atoms with Crippen molar-refractivity contribution < 1.29 is 4.79 Å². The van der Waals surface area contributed by atoms with Crippen molar-refractivity contribution in [2.24, 2.45) is 5.92 Å². The van der Waals surface area contributed by atoms with Crippen molar-refractivity contribution in [3.05, 3.63) is 0 Å². The zero-order chi connectivity index (χ0) is 10.7. The van der Waals surface area contributed by atoms with E-state index in [0.717, 1.165) is 38.4 Å². The molecule has 2 rings (SSSR count). The lowest BCUT2D eigenvalue weighted by Gasteiger charge is -2.33. The molecule has 86 valence electrons. The van der Waals surface area contributed by atoms with E-state index in [1.165, 1.54) is 19.3 Å². The molecule has 1 aliphatic carbocycles. The van der Waals surface area contributed by atoms with Gasteiger partial charge in [0, 0.05) is 25.6 Å². The molecule has 1 unspecified atom stereocenters. The zero-order valence-corrected chi connectivity index (χ0v) is 9.67. The average Bonchev–Trinajstić information content (AvgIpc) is 3.03. The lowest BCUT2D eigenvalue weighted by molar-refractivity contribution is -0.132. The summed E-state index contributed by atoms with van der Waals surface area (Å²) < 4.78 is 0.